The number of aromatic nitrogens is 1. The molecule has 2 aromatic heterocycles. The molecule has 0 saturated carbocycles. The summed E-state index contributed by atoms with van der Waals surface area (Å²) in [5.41, 5.74) is 1.79. The number of anilines is 1. The largest absolute Gasteiger partial charge is 0.313 e. The van der Waals surface area contributed by atoms with Crippen LogP contribution in [-0.2, 0) is 16.6 Å². The van der Waals surface area contributed by atoms with Gasteiger partial charge in [0.15, 0.2) is 5.13 Å². The lowest BCUT2D eigenvalue weighted by Crippen LogP contribution is -2.13. The van der Waals surface area contributed by atoms with Gasteiger partial charge in [-0.1, -0.05) is 6.92 Å². The second-order valence-electron chi connectivity index (χ2n) is 4.35. The van der Waals surface area contributed by atoms with Crippen LogP contribution in [0.25, 0.3) is 0 Å². The third-order valence-corrected chi connectivity index (χ3v) is 6.32. The van der Waals surface area contributed by atoms with Gasteiger partial charge in [0, 0.05) is 11.9 Å². The number of sulfonamides is 1. The maximum atomic E-state index is 12.2. The minimum Gasteiger partial charge on any atom is -0.313 e. The predicted molar refractivity (Wildman–Crippen MR) is 84.0 cm³/mol. The van der Waals surface area contributed by atoms with E-state index >= 15 is 0 Å². The minimum absolute atomic E-state index is 0.318. The van der Waals surface area contributed by atoms with Gasteiger partial charge >= 0.3 is 0 Å². The summed E-state index contributed by atoms with van der Waals surface area (Å²) in [6.07, 6.45) is 1.06. The van der Waals surface area contributed by atoms with Crippen LogP contribution in [0.5, 0.6) is 0 Å². The number of aryl methyl sites for hydroxylation is 1. The van der Waals surface area contributed by atoms with Crippen molar-refractivity contribution in [3.8, 4) is 0 Å². The molecule has 0 amide bonds. The van der Waals surface area contributed by atoms with Gasteiger partial charge in [-0.2, -0.15) is 0 Å². The molecule has 0 aliphatic carbocycles. The van der Waals surface area contributed by atoms with Gasteiger partial charge in [-0.05, 0) is 36.9 Å². The molecule has 5 nitrogen and oxygen atoms in total. The molecule has 0 radical (unpaired) electrons. The average Bonchev–Trinajstić information content (AvgIpc) is 2.99. The average molecular weight is 331 g/mol. The van der Waals surface area contributed by atoms with Crippen molar-refractivity contribution in [3.63, 3.8) is 0 Å². The summed E-state index contributed by atoms with van der Waals surface area (Å²) in [4.78, 5) is 4.11. The maximum absolute atomic E-state index is 12.2. The highest BCUT2D eigenvalue weighted by Crippen LogP contribution is 2.24. The molecule has 2 N–H and O–H groups in total. The van der Waals surface area contributed by atoms with Gasteiger partial charge in [0.2, 0.25) is 0 Å². The quantitative estimate of drug-likeness (QED) is 0.765. The van der Waals surface area contributed by atoms with Crippen molar-refractivity contribution in [1.82, 2.24) is 10.3 Å². The molecule has 0 aromatic carbocycles. The lowest BCUT2D eigenvalue weighted by atomic mass is 10.3. The number of thiazole rings is 1. The Morgan fingerprint density at radius 1 is 1.30 bits per heavy atom. The molecule has 0 atom stereocenters. The molecule has 0 fully saturated rings. The first-order valence-corrected chi connectivity index (χ1v) is 9.48. The van der Waals surface area contributed by atoms with E-state index in [-0.39, 0.29) is 0 Å². The van der Waals surface area contributed by atoms with Crippen LogP contribution >= 0.6 is 22.7 Å². The molecule has 0 unspecified atom stereocenters. The second kappa shape index (κ2) is 6.66. The van der Waals surface area contributed by atoms with Gasteiger partial charge in [0.1, 0.15) is 4.21 Å². The lowest BCUT2D eigenvalue weighted by Gasteiger charge is -2.02. The zero-order chi connectivity index (χ0) is 14.6. The first kappa shape index (κ1) is 15.4. The molecule has 20 heavy (non-hydrogen) atoms. The molecule has 2 aromatic rings. The van der Waals surface area contributed by atoms with Crippen LogP contribution in [0.4, 0.5) is 5.13 Å². The van der Waals surface area contributed by atoms with E-state index < -0.39 is 10.0 Å². The predicted octanol–water partition coefficient (Wildman–Crippen LogP) is 2.81. The van der Waals surface area contributed by atoms with E-state index in [1.165, 1.54) is 22.7 Å². The maximum Gasteiger partial charge on any atom is 0.273 e. The SMILES string of the molecule is CCCNCc1csc(S(=O)(=O)Nc2nc(C)cs2)c1. The van der Waals surface area contributed by atoms with Crippen molar-refractivity contribution < 1.29 is 8.42 Å². The number of nitrogens with one attached hydrogen (secondary N) is 2. The normalized spacial score (nSPS) is 11.7. The highest BCUT2D eigenvalue weighted by Gasteiger charge is 2.18. The van der Waals surface area contributed by atoms with Gasteiger partial charge in [-0.15, -0.1) is 22.7 Å². The molecule has 0 bridgehead atoms. The van der Waals surface area contributed by atoms with Gasteiger partial charge in [-0.25, -0.2) is 13.4 Å². The smallest absolute Gasteiger partial charge is 0.273 e. The summed E-state index contributed by atoms with van der Waals surface area (Å²) >= 11 is 2.51. The van der Waals surface area contributed by atoms with Crippen LogP contribution < -0.4 is 10.0 Å². The Bertz CT molecular complexity index is 661. The summed E-state index contributed by atoms with van der Waals surface area (Å²) in [5.74, 6) is 0. The van der Waals surface area contributed by atoms with Gasteiger partial charge in [0.05, 0.1) is 5.69 Å². The van der Waals surface area contributed by atoms with E-state index in [1.54, 1.807) is 6.07 Å². The molecular weight excluding hydrogens is 314 g/mol. The fraction of sp³-hybridized carbons (Fsp3) is 0.417. The van der Waals surface area contributed by atoms with Gasteiger partial charge in [-0.3, -0.25) is 4.72 Å². The van der Waals surface area contributed by atoms with Crippen molar-refractivity contribution in [3.05, 3.63) is 28.1 Å². The Labute approximate surface area is 127 Å². The molecule has 0 aliphatic heterocycles. The Morgan fingerprint density at radius 3 is 2.75 bits per heavy atom. The summed E-state index contributed by atoms with van der Waals surface area (Å²) in [7, 11) is -3.52. The molecule has 0 saturated heterocycles. The zero-order valence-electron chi connectivity index (χ0n) is 11.3. The lowest BCUT2D eigenvalue weighted by molar-refractivity contribution is 0.603. The van der Waals surface area contributed by atoms with Crippen LogP contribution in [0.1, 0.15) is 24.6 Å². The van der Waals surface area contributed by atoms with Crippen LogP contribution in [0, 0.1) is 6.92 Å². The summed E-state index contributed by atoms with van der Waals surface area (Å²) in [6, 6.07) is 1.70. The monoisotopic (exact) mass is 331 g/mol. The number of hydrogen-bond donors (Lipinski definition) is 2. The Balaban J connectivity index is 2.06. The summed E-state index contributed by atoms with van der Waals surface area (Å²) in [6.45, 7) is 5.54. The summed E-state index contributed by atoms with van der Waals surface area (Å²) in [5, 5.41) is 7.33. The highest BCUT2D eigenvalue weighted by atomic mass is 32.2. The van der Waals surface area contributed by atoms with Crippen molar-refractivity contribution in [2.24, 2.45) is 0 Å². The van der Waals surface area contributed by atoms with Crippen molar-refractivity contribution in [2.75, 3.05) is 11.3 Å². The van der Waals surface area contributed by atoms with Crippen LogP contribution in [0.2, 0.25) is 0 Å². The molecule has 110 valence electrons. The van der Waals surface area contributed by atoms with E-state index in [1.807, 2.05) is 17.7 Å². The van der Waals surface area contributed by atoms with Crippen molar-refractivity contribution in [1.29, 1.82) is 0 Å². The van der Waals surface area contributed by atoms with E-state index in [0.717, 1.165) is 24.2 Å². The first-order chi connectivity index (χ1) is 9.51. The highest BCUT2D eigenvalue weighted by molar-refractivity contribution is 7.94. The van der Waals surface area contributed by atoms with Crippen molar-refractivity contribution in [2.45, 2.75) is 31.0 Å². The molecule has 2 rings (SSSR count). The topological polar surface area (TPSA) is 71.1 Å². The fourth-order valence-electron chi connectivity index (χ4n) is 1.56. The Morgan fingerprint density at radius 2 is 2.10 bits per heavy atom. The number of nitrogens with zero attached hydrogens (tertiary/aromatic N) is 1. The standard InChI is InChI=1S/C12H17N3O2S3/c1-3-4-13-6-10-5-11(18-8-10)20(16,17)15-12-14-9(2)7-19-12/h5,7-8,13H,3-4,6H2,1-2H3,(H,14,15). The molecule has 8 heteroatoms. The third-order valence-electron chi connectivity index (χ3n) is 2.49. The second-order valence-corrected chi connectivity index (χ2v) is 8.03. The fourth-order valence-corrected chi connectivity index (χ4v) is 4.71. The van der Waals surface area contributed by atoms with E-state index in [0.29, 0.717) is 15.9 Å². The van der Waals surface area contributed by atoms with E-state index in [9.17, 15) is 8.42 Å². The summed E-state index contributed by atoms with van der Waals surface area (Å²) < 4.78 is 27.2. The molecular formula is C12H17N3O2S3. The van der Waals surface area contributed by atoms with E-state index in [2.05, 4.69) is 21.9 Å². The number of rotatable bonds is 7. The molecule has 0 aliphatic rings. The van der Waals surface area contributed by atoms with Gasteiger partial charge in [0.25, 0.3) is 10.0 Å². The van der Waals surface area contributed by atoms with Crippen LogP contribution in [0.15, 0.2) is 21.0 Å². The molecule has 0 spiro atoms. The minimum atomic E-state index is -3.52. The van der Waals surface area contributed by atoms with Crippen molar-refractivity contribution >= 4 is 37.8 Å². The van der Waals surface area contributed by atoms with Gasteiger partial charge < -0.3 is 5.32 Å². The van der Waals surface area contributed by atoms with Crippen LogP contribution in [-0.4, -0.2) is 19.9 Å². The third kappa shape index (κ3) is 4.02. The Hall–Kier alpha value is -0.960. The number of thiophene rings is 1. The Kier molecular flexibility index (Phi) is 5.14. The first-order valence-electron chi connectivity index (χ1n) is 6.24. The zero-order valence-corrected chi connectivity index (χ0v) is 13.8. The molecule has 2 heterocycles. The van der Waals surface area contributed by atoms with E-state index in [4.69, 9.17) is 0 Å². The number of hydrogen-bond acceptors (Lipinski definition) is 6. The van der Waals surface area contributed by atoms with Crippen LogP contribution in [0.3, 0.4) is 0 Å².